The van der Waals surface area contributed by atoms with Crippen molar-refractivity contribution in [2.45, 2.75) is 50.6 Å². The monoisotopic (exact) mass is 277 g/mol. The van der Waals surface area contributed by atoms with Crippen LogP contribution in [0.25, 0.3) is 0 Å². The number of benzene rings is 1. The molecule has 1 nitrogen and oxygen atoms in total. The highest BCUT2D eigenvalue weighted by Crippen LogP contribution is 2.34. The predicted molar refractivity (Wildman–Crippen MR) is 86.7 cm³/mol. The summed E-state index contributed by atoms with van der Waals surface area (Å²) >= 11 is 2.25. The molecule has 0 aliphatic heterocycles. The molecule has 0 bridgehead atoms. The number of rotatable bonds is 3. The fourth-order valence-corrected chi connectivity index (χ4v) is 7.55. The Balaban J connectivity index is 2.01. The Hall–Kier alpha value is -0.543. The third-order valence-corrected chi connectivity index (χ3v) is 7.58. The van der Waals surface area contributed by atoms with Crippen molar-refractivity contribution in [3.63, 3.8) is 0 Å². The molecule has 0 N–H and O–H groups in total. The van der Waals surface area contributed by atoms with Crippen molar-refractivity contribution in [1.82, 2.24) is 0 Å². The topological polar surface area (TPSA) is 12.4 Å². The molecule has 1 aliphatic rings. The number of hydrogen-bond donors (Lipinski definition) is 0. The first-order chi connectivity index (χ1) is 8.53. The van der Waals surface area contributed by atoms with Crippen LogP contribution < -0.4 is 0 Å². The van der Waals surface area contributed by atoms with Crippen LogP contribution in [0.2, 0.25) is 19.6 Å². The second-order valence-corrected chi connectivity index (χ2v) is 15.5. The van der Waals surface area contributed by atoms with E-state index in [1.807, 2.05) is 0 Å². The van der Waals surface area contributed by atoms with Crippen LogP contribution in [0.5, 0.6) is 0 Å². The van der Waals surface area contributed by atoms with Crippen LogP contribution in [0, 0.1) is 0 Å². The minimum atomic E-state index is -1.00. The van der Waals surface area contributed by atoms with E-state index >= 15 is 0 Å². The van der Waals surface area contributed by atoms with Gasteiger partial charge in [-0.2, -0.15) is 11.2 Å². The highest BCUT2D eigenvalue weighted by Gasteiger charge is 2.25. The Kier molecular flexibility index (Phi) is 4.68. The Morgan fingerprint density at radius 1 is 1.17 bits per heavy atom. The van der Waals surface area contributed by atoms with Crippen LogP contribution in [0.3, 0.4) is 0 Å². The maximum absolute atomic E-state index is 4.82. The van der Waals surface area contributed by atoms with Crippen LogP contribution in [0.4, 0.5) is 5.69 Å². The van der Waals surface area contributed by atoms with Gasteiger partial charge in [0.15, 0.2) is 0 Å². The maximum Gasteiger partial charge on any atom is 0.108 e. The van der Waals surface area contributed by atoms with Crippen LogP contribution in [0.15, 0.2) is 35.3 Å². The maximum atomic E-state index is 4.82. The van der Waals surface area contributed by atoms with E-state index in [1.54, 1.807) is 0 Å². The molecule has 0 saturated heterocycles. The molecule has 0 heterocycles. The van der Waals surface area contributed by atoms with Gasteiger partial charge >= 0.3 is 0 Å². The van der Waals surface area contributed by atoms with Gasteiger partial charge in [-0.25, -0.2) is 0 Å². The number of nitrogens with zero attached hydrogens (tertiary/aromatic N) is 1. The van der Waals surface area contributed by atoms with Gasteiger partial charge in [0.1, 0.15) is 7.22 Å². The van der Waals surface area contributed by atoms with Gasteiger partial charge in [0.25, 0.3) is 0 Å². The second-order valence-electron chi connectivity index (χ2n) is 5.96. The predicted octanol–water partition coefficient (Wildman–Crippen LogP) is 5.27. The van der Waals surface area contributed by atoms with E-state index in [2.05, 4.69) is 61.2 Å². The van der Waals surface area contributed by atoms with Crippen LogP contribution in [-0.2, 0) is 0 Å². The van der Waals surface area contributed by atoms with Crippen LogP contribution >= 0.6 is 11.2 Å². The van der Waals surface area contributed by atoms with Gasteiger partial charge in [-0.3, -0.25) is 4.99 Å². The Morgan fingerprint density at radius 3 is 2.56 bits per heavy atom. The zero-order valence-corrected chi connectivity index (χ0v) is 13.5. The van der Waals surface area contributed by atoms with Crippen molar-refractivity contribution in [1.29, 1.82) is 0 Å². The van der Waals surface area contributed by atoms with Crippen molar-refractivity contribution < 1.29 is 0 Å². The van der Waals surface area contributed by atoms with Gasteiger partial charge in [-0.15, -0.1) is 0 Å². The number of para-hydroxylation sites is 1. The minimum absolute atomic E-state index is 0.813. The van der Waals surface area contributed by atoms with E-state index in [0.717, 1.165) is 10.9 Å². The highest BCUT2D eigenvalue weighted by atomic mass is 32.4. The van der Waals surface area contributed by atoms with E-state index in [4.69, 9.17) is 4.99 Å². The summed E-state index contributed by atoms with van der Waals surface area (Å²) < 4.78 is 0. The summed E-state index contributed by atoms with van der Waals surface area (Å²) in [6, 6.07) is 10.4. The Bertz CT molecular complexity index is 408. The van der Waals surface area contributed by atoms with Crippen LogP contribution in [0.1, 0.15) is 25.7 Å². The average Bonchev–Trinajstić information content (AvgIpc) is 2.28. The third kappa shape index (κ3) is 4.62. The molecule has 1 aromatic carbocycles. The summed E-state index contributed by atoms with van der Waals surface area (Å²) in [7, 11) is -1.00. The van der Waals surface area contributed by atoms with Gasteiger partial charge in [0.2, 0.25) is 0 Å². The van der Waals surface area contributed by atoms with Crippen molar-refractivity contribution in [2.24, 2.45) is 4.99 Å². The first-order valence-electron chi connectivity index (χ1n) is 6.82. The zero-order chi connectivity index (χ0) is 13.0. The molecule has 1 fully saturated rings. The summed E-state index contributed by atoms with van der Waals surface area (Å²) in [5.41, 5.74) is 2.52. The number of hydrogen-bond acceptors (Lipinski definition) is 2. The SMILES string of the molecule is C[Si](C)(C)SC1CCC/C(=N\c2ccccc2)C1. The molecule has 1 saturated carbocycles. The lowest BCUT2D eigenvalue weighted by atomic mass is 9.98. The third-order valence-electron chi connectivity index (χ3n) is 3.02. The van der Waals surface area contributed by atoms with E-state index in [1.165, 1.54) is 31.4 Å². The standard InChI is InChI=1S/C15H23NSSi/c1-18(2,3)17-15-11-7-10-14(12-15)16-13-8-5-4-6-9-13/h4-6,8-9,15H,7,10-12H2,1-3H3/b16-14+. The van der Waals surface area contributed by atoms with Crippen molar-refractivity contribution in [3.05, 3.63) is 30.3 Å². The fraction of sp³-hybridized carbons (Fsp3) is 0.533. The van der Waals surface area contributed by atoms with Crippen LogP contribution in [-0.4, -0.2) is 18.2 Å². The zero-order valence-electron chi connectivity index (χ0n) is 11.6. The molecule has 2 rings (SSSR count). The molecule has 1 unspecified atom stereocenters. The first-order valence-corrected chi connectivity index (χ1v) is 11.9. The molecule has 1 aromatic rings. The summed E-state index contributed by atoms with van der Waals surface area (Å²) in [6.07, 6.45) is 5.08. The number of aliphatic imine (C=N–C) groups is 1. The summed E-state index contributed by atoms with van der Waals surface area (Å²) in [5, 5.41) is 0.813. The van der Waals surface area contributed by atoms with Crippen molar-refractivity contribution in [2.75, 3.05) is 0 Å². The second kappa shape index (κ2) is 6.07. The molecule has 0 spiro atoms. The lowest BCUT2D eigenvalue weighted by molar-refractivity contribution is 0.683. The highest BCUT2D eigenvalue weighted by molar-refractivity contribution is 8.29. The smallest absolute Gasteiger partial charge is 0.108 e. The largest absolute Gasteiger partial charge is 0.258 e. The van der Waals surface area contributed by atoms with Gasteiger partial charge in [-0.05, 0) is 37.8 Å². The molecule has 98 valence electrons. The van der Waals surface area contributed by atoms with Crippen molar-refractivity contribution >= 4 is 29.8 Å². The molecule has 18 heavy (non-hydrogen) atoms. The van der Waals surface area contributed by atoms with E-state index < -0.39 is 7.22 Å². The molecule has 0 radical (unpaired) electrons. The molecule has 3 heteroatoms. The van der Waals surface area contributed by atoms with E-state index in [9.17, 15) is 0 Å². The molecule has 0 aromatic heterocycles. The lowest BCUT2D eigenvalue weighted by Gasteiger charge is -2.28. The van der Waals surface area contributed by atoms with Gasteiger partial charge in [0.05, 0.1) is 5.69 Å². The molecule has 1 aliphatic carbocycles. The summed E-state index contributed by atoms with van der Waals surface area (Å²) in [4.78, 5) is 4.82. The van der Waals surface area contributed by atoms with E-state index in [0.29, 0.717) is 0 Å². The fourth-order valence-electron chi connectivity index (χ4n) is 2.39. The molecule has 0 amide bonds. The Labute approximate surface area is 116 Å². The quantitative estimate of drug-likeness (QED) is 0.686. The average molecular weight is 278 g/mol. The lowest BCUT2D eigenvalue weighted by Crippen LogP contribution is -2.25. The van der Waals surface area contributed by atoms with Gasteiger partial charge in [-0.1, -0.05) is 37.8 Å². The molecular formula is C15H23NSSi. The normalized spacial score (nSPS) is 23.3. The van der Waals surface area contributed by atoms with Crippen molar-refractivity contribution in [3.8, 4) is 0 Å². The van der Waals surface area contributed by atoms with Gasteiger partial charge < -0.3 is 0 Å². The first kappa shape index (κ1) is 13.9. The molecular weight excluding hydrogens is 254 g/mol. The minimum Gasteiger partial charge on any atom is -0.258 e. The molecule has 1 atom stereocenters. The van der Waals surface area contributed by atoms with Gasteiger partial charge in [0, 0.05) is 11.0 Å². The summed E-state index contributed by atoms with van der Waals surface area (Å²) in [5.74, 6) is 0. The van der Waals surface area contributed by atoms with E-state index in [-0.39, 0.29) is 0 Å². The Morgan fingerprint density at radius 2 is 1.89 bits per heavy atom. The summed E-state index contributed by atoms with van der Waals surface area (Å²) in [6.45, 7) is 7.33.